The average molecular weight is 442 g/mol. The first-order valence-corrected chi connectivity index (χ1v) is 10.6. The summed E-state index contributed by atoms with van der Waals surface area (Å²) < 4.78 is 22.3. The Morgan fingerprint density at radius 3 is 2.45 bits per heavy atom. The molecule has 5 rings (SSSR count). The van der Waals surface area contributed by atoms with Crippen LogP contribution >= 0.6 is 0 Å². The highest BCUT2D eigenvalue weighted by Gasteiger charge is 2.34. The first kappa shape index (κ1) is 20.8. The van der Waals surface area contributed by atoms with Crippen molar-refractivity contribution >= 4 is 16.9 Å². The molecule has 0 fully saturated rings. The standard InChI is InChI=1S/C27H22O6/c1-15-11-22-26(19(13-23(28)32-22)16-7-5-4-6-8-16)27-25(15)20(14-24(29)33-27)18-10-9-17(30-2)12-21(18)31-3/h4-13,20H,14H2,1-3H3. The van der Waals surface area contributed by atoms with Gasteiger partial charge in [0.15, 0.2) is 0 Å². The summed E-state index contributed by atoms with van der Waals surface area (Å²) in [7, 11) is 3.19. The van der Waals surface area contributed by atoms with Crippen molar-refractivity contribution < 1.29 is 23.4 Å². The molecule has 6 nitrogen and oxygen atoms in total. The molecule has 166 valence electrons. The molecule has 6 heteroatoms. The second-order valence-electron chi connectivity index (χ2n) is 7.99. The minimum absolute atomic E-state index is 0.166. The summed E-state index contributed by atoms with van der Waals surface area (Å²) in [6, 6.07) is 18.4. The molecule has 1 aliphatic heterocycles. The van der Waals surface area contributed by atoms with Gasteiger partial charge in [0, 0.05) is 34.7 Å². The van der Waals surface area contributed by atoms with Crippen molar-refractivity contribution in [2.45, 2.75) is 19.3 Å². The van der Waals surface area contributed by atoms with Crippen LogP contribution in [0.1, 0.15) is 29.0 Å². The van der Waals surface area contributed by atoms with E-state index >= 15 is 0 Å². The van der Waals surface area contributed by atoms with E-state index in [1.165, 1.54) is 6.07 Å². The van der Waals surface area contributed by atoms with Crippen LogP contribution < -0.4 is 19.8 Å². The van der Waals surface area contributed by atoms with E-state index in [2.05, 4.69) is 0 Å². The monoisotopic (exact) mass is 442 g/mol. The van der Waals surface area contributed by atoms with Gasteiger partial charge in [-0.25, -0.2) is 4.79 Å². The van der Waals surface area contributed by atoms with Gasteiger partial charge >= 0.3 is 11.6 Å². The lowest BCUT2D eigenvalue weighted by Crippen LogP contribution is -2.23. The topological polar surface area (TPSA) is 75.0 Å². The fourth-order valence-corrected chi connectivity index (χ4v) is 4.62. The molecule has 2 heterocycles. The van der Waals surface area contributed by atoms with Crippen molar-refractivity contribution in [3.63, 3.8) is 0 Å². The quantitative estimate of drug-likeness (QED) is 0.245. The molecule has 0 saturated carbocycles. The van der Waals surface area contributed by atoms with Gasteiger partial charge in [0.25, 0.3) is 0 Å². The van der Waals surface area contributed by atoms with E-state index in [1.807, 2.05) is 55.5 Å². The smallest absolute Gasteiger partial charge is 0.336 e. The molecule has 0 amide bonds. The van der Waals surface area contributed by atoms with E-state index in [-0.39, 0.29) is 18.3 Å². The molecule has 0 saturated heterocycles. The van der Waals surface area contributed by atoms with Crippen LogP contribution in [-0.2, 0) is 4.79 Å². The number of carbonyl (C=O) groups excluding carboxylic acids is 1. The van der Waals surface area contributed by atoms with Gasteiger partial charge in [0.1, 0.15) is 22.8 Å². The van der Waals surface area contributed by atoms with Gasteiger partial charge in [0.2, 0.25) is 0 Å². The molecule has 4 aromatic rings. The SMILES string of the molecule is COc1ccc(C2CC(=O)Oc3c2c(C)cc2oc(=O)cc(-c4ccccc4)c32)c(OC)c1. The van der Waals surface area contributed by atoms with Crippen LogP contribution in [0.2, 0.25) is 0 Å². The summed E-state index contributed by atoms with van der Waals surface area (Å²) in [5, 5.41) is 0.604. The Morgan fingerprint density at radius 2 is 1.73 bits per heavy atom. The van der Waals surface area contributed by atoms with Crippen LogP contribution in [0.25, 0.3) is 22.1 Å². The van der Waals surface area contributed by atoms with Gasteiger partial charge in [-0.05, 0) is 30.2 Å². The van der Waals surface area contributed by atoms with Crippen molar-refractivity contribution in [2.24, 2.45) is 0 Å². The van der Waals surface area contributed by atoms with Gasteiger partial charge < -0.3 is 18.6 Å². The zero-order valence-corrected chi connectivity index (χ0v) is 18.5. The highest BCUT2D eigenvalue weighted by atomic mass is 16.5. The number of benzene rings is 3. The molecule has 1 aliphatic rings. The lowest BCUT2D eigenvalue weighted by Gasteiger charge is -2.29. The van der Waals surface area contributed by atoms with Crippen LogP contribution in [-0.4, -0.2) is 20.2 Å². The Bertz CT molecular complexity index is 1430. The van der Waals surface area contributed by atoms with E-state index in [4.69, 9.17) is 18.6 Å². The van der Waals surface area contributed by atoms with E-state index < -0.39 is 5.63 Å². The average Bonchev–Trinajstić information content (AvgIpc) is 2.82. The molecule has 1 unspecified atom stereocenters. The van der Waals surface area contributed by atoms with Crippen LogP contribution in [0, 0.1) is 6.92 Å². The third-order valence-corrected chi connectivity index (χ3v) is 6.07. The summed E-state index contributed by atoms with van der Waals surface area (Å²) >= 11 is 0. The molecule has 3 aromatic carbocycles. The summed E-state index contributed by atoms with van der Waals surface area (Å²) in [6.45, 7) is 1.93. The van der Waals surface area contributed by atoms with Gasteiger partial charge in [-0.3, -0.25) is 4.79 Å². The molecule has 0 N–H and O–H groups in total. The summed E-state index contributed by atoms with van der Waals surface area (Å²) in [5.74, 6) is 1.07. The second kappa shape index (κ2) is 8.13. The van der Waals surface area contributed by atoms with E-state index in [0.717, 1.165) is 22.3 Å². The number of methoxy groups -OCH3 is 2. The number of rotatable bonds is 4. The zero-order chi connectivity index (χ0) is 23.1. The predicted molar refractivity (Wildman–Crippen MR) is 124 cm³/mol. The summed E-state index contributed by atoms with van der Waals surface area (Å²) in [5.41, 5.74) is 4.01. The maximum Gasteiger partial charge on any atom is 0.336 e. The maximum atomic E-state index is 12.8. The Kier molecular flexibility index (Phi) is 5.13. The minimum Gasteiger partial charge on any atom is -0.497 e. The Labute approximate surface area is 190 Å². The lowest BCUT2D eigenvalue weighted by atomic mass is 9.82. The van der Waals surface area contributed by atoms with Crippen LogP contribution in [0.3, 0.4) is 0 Å². The third kappa shape index (κ3) is 3.53. The Balaban J connectivity index is 1.83. The fraction of sp³-hybridized carbons (Fsp3) is 0.185. The van der Waals surface area contributed by atoms with Gasteiger partial charge in [-0.15, -0.1) is 0 Å². The van der Waals surface area contributed by atoms with Crippen LogP contribution in [0.4, 0.5) is 0 Å². The molecule has 0 bridgehead atoms. The highest BCUT2D eigenvalue weighted by molar-refractivity contribution is 6.01. The Morgan fingerprint density at radius 1 is 0.939 bits per heavy atom. The van der Waals surface area contributed by atoms with Crippen molar-refractivity contribution in [1.29, 1.82) is 0 Å². The van der Waals surface area contributed by atoms with Crippen molar-refractivity contribution in [3.8, 4) is 28.4 Å². The van der Waals surface area contributed by atoms with Crippen molar-refractivity contribution in [3.05, 3.63) is 87.8 Å². The molecule has 1 atom stereocenters. The Hall–Kier alpha value is -4.06. The van der Waals surface area contributed by atoms with Gasteiger partial charge in [0.05, 0.1) is 26.0 Å². The first-order chi connectivity index (χ1) is 16.0. The fourth-order valence-electron chi connectivity index (χ4n) is 4.62. The number of ether oxygens (including phenoxy) is 3. The predicted octanol–water partition coefficient (Wildman–Crippen LogP) is 5.23. The maximum absolute atomic E-state index is 12.8. The molecule has 1 aromatic heterocycles. The minimum atomic E-state index is -0.462. The largest absolute Gasteiger partial charge is 0.497 e. The highest BCUT2D eigenvalue weighted by Crippen LogP contribution is 2.49. The number of fused-ring (bicyclic) bond motifs is 3. The lowest BCUT2D eigenvalue weighted by molar-refractivity contribution is -0.135. The third-order valence-electron chi connectivity index (χ3n) is 6.07. The number of carbonyl (C=O) groups is 1. The van der Waals surface area contributed by atoms with Gasteiger partial charge in [-0.2, -0.15) is 0 Å². The molecular weight excluding hydrogens is 420 g/mol. The molecular formula is C27H22O6. The normalized spacial score (nSPS) is 15.1. The molecule has 0 spiro atoms. The van der Waals surface area contributed by atoms with E-state index in [0.29, 0.717) is 33.8 Å². The van der Waals surface area contributed by atoms with E-state index in [1.54, 1.807) is 20.3 Å². The van der Waals surface area contributed by atoms with Crippen LogP contribution in [0.5, 0.6) is 17.2 Å². The number of hydrogen-bond donors (Lipinski definition) is 0. The molecule has 33 heavy (non-hydrogen) atoms. The molecule has 0 aliphatic carbocycles. The first-order valence-electron chi connectivity index (χ1n) is 10.6. The number of hydrogen-bond acceptors (Lipinski definition) is 6. The molecule has 0 radical (unpaired) electrons. The van der Waals surface area contributed by atoms with Crippen molar-refractivity contribution in [1.82, 2.24) is 0 Å². The zero-order valence-electron chi connectivity index (χ0n) is 18.5. The number of aryl methyl sites for hydroxylation is 1. The van der Waals surface area contributed by atoms with Gasteiger partial charge in [-0.1, -0.05) is 36.4 Å². The van der Waals surface area contributed by atoms with E-state index in [9.17, 15) is 9.59 Å². The van der Waals surface area contributed by atoms with Crippen LogP contribution in [0.15, 0.2) is 69.9 Å². The van der Waals surface area contributed by atoms with Crippen molar-refractivity contribution in [2.75, 3.05) is 14.2 Å². The summed E-state index contributed by atoms with van der Waals surface area (Å²) in [4.78, 5) is 25.2. The second-order valence-corrected chi connectivity index (χ2v) is 7.99. The number of esters is 1. The summed E-state index contributed by atoms with van der Waals surface area (Å²) in [6.07, 6.45) is 0.166.